The van der Waals surface area contributed by atoms with Crippen LogP contribution in [-0.4, -0.2) is 17.4 Å². The highest BCUT2D eigenvalue weighted by Crippen LogP contribution is 2.25. The first-order valence-electron chi connectivity index (χ1n) is 6.08. The van der Waals surface area contributed by atoms with E-state index in [1.807, 2.05) is 0 Å². The van der Waals surface area contributed by atoms with Crippen LogP contribution in [0.4, 0.5) is 20.2 Å². The number of amides is 1. The molecule has 0 radical (unpaired) electrons. The van der Waals surface area contributed by atoms with Gasteiger partial charge in [-0.05, 0) is 18.2 Å². The SMILES string of the molecule is O=C(COc1ccccc1[N+](=O)[O-])Nc1ccc(F)cc1F. The van der Waals surface area contributed by atoms with Gasteiger partial charge in [0.1, 0.15) is 11.6 Å². The van der Waals surface area contributed by atoms with E-state index in [1.54, 1.807) is 0 Å². The molecule has 22 heavy (non-hydrogen) atoms. The number of carbonyl (C=O) groups excluding carboxylic acids is 1. The highest BCUT2D eigenvalue weighted by atomic mass is 19.1. The van der Waals surface area contributed by atoms with Gasteiger partial charge >= 0.3 is 5.69 Å². The summed E-state index contributed by atoms with van der Waals surface area (Å²) in [6.07, 6.45) is 0. The Morgan fingerprint density at radius 3 is 2.64 bits per heavy atom. The van der Waals surface area contributed by atoms with Gasteiger partial charge in [-0.25, -0.2) is 8.78 Å². The van der Waals surface area contributed by atoms with E-state index in [0.717, 1.165) is 12.1 Å². The molecule has 2 rings (SSSR count). The van der Waals surface area contributed by atoms with Gasteiger partial charge in [-0.2, -0.15) is 0 Å². The second-order valence-electron chi connectivity index (χ2n) is 4.19. The Morgan fingerprint density at radius 1 is 1.23 bits per heavy atom. The molecule has 0 atom stereocenters. The van der Waals surface area contributed by atoms with E-state index in [2.05, 4.69) is 5.32 Å². The van der Waals surface area contributed by atoms with Gasteiger partial charge in [0.2, 0.25) is 0 Å². The molecule has 6 nitrogen and oxygen atoms in total. The van der Waals surface area contributed by atoms with Crippen molar-refractivity contribution in [2.24, 2.45) is 0 Å². The summed E-state index contributed by atoms with van der Waals surface area (Å²) in [6.45, 7) is -0.554. The highest BCUT2D eigenvalue weighted by Gasteiger charge is 2.15. The molecule has 0 bridgehead atoms. The van der Waals surface area contributed by atoms with Gasteiger partial charge in [-0.1, -0.05) is 12.1 Å². The molecule has 0 fully saturated rings. The lowest BCUT2D eigenvalue weighted by molar-refractivity contribution is -0.385. The average Bonchev–Trinajstić information content (AvgIpc) is 2.48. The van der Waals surface area contributed by atoms with Crippen molar-refractivity contribution >= 4 is 17.3 Å². The summed E-state index contributed by atoms with van der Waals surface area (Å²) in [5.41, 5.74) is -0.499. The molecular weight excluding hydrogens is 298 g/mol. The Morgan fingerprint density at radius 2 is 1.95 bits per heavy atom. The molecule has 0 spiro atoms. The minimum absolute atomic E-state index is 0.0813. The first kappa shape index (κ1) is 15.4. The normalized spacial score (nSPS) is 10.1. The number of ether oxygens (including phenoxy) is 1. The van der Waals surface area contributed by atoms with Crippen molar-refractivity contribution in [1.82, 2.24) is 0 Å². The van der Waals surface area contributed by atoms with Gasteiger partial charge in [-0.3, -0.25) is 14.9 Å². The average molecular weight is 308 g/mol. The molecule has 2 aromatic rings. The van der Waals surface area contributed by atoms with Crippen LogP contribution in [0.3, 0.4) is 0 Å². The molecule has 0 aromatic heterocycles. The fourth-order valence-corrected chi connectivity index (χ4v) is 1.65. The maximum Gasteiger partial charge on any atom is 0.310 e. The lowest BCUT2D eigenvalue weighted by Gasteiger charge is -2.08. The monoisotopic (exact) mass is 308 g/mol. The Balaban J connectivity index is 2.00. The van der Waals surface area contributed by atoms with Crippen molar-refractivity contribution in [2.45, 2.75) is 0 Å². The molecular formula is C14H10F2N2O4. The number of rotatable bonds is 5. The van der Waals surface area contributed by atoms with E-state index in [4.69, 9.17) is 4.74 Å². The van der Waals surface area contributed by atoms with Crippen molar-refractivity contribution in [3.05, 3.63) is 64.2 Å². The largest absolute Gasteiger partial charge is 0.477 e. The molecule has 0 aliphatic rings. The summed E-state index contributed by atoms with van der Waals surface area (Å²) in [7, 11) is 0. The van der Waals surface area contributed by atoms with E-state index in [0.29, 0.717) is 6.07 Å². The van der Waals surface area contributed by atoms with Crippen molar-refractivity contribution in [1.29, 1.82) is 0 Å². The molecule has 1 N–H and O–H groups in total. The zero-order valence-electron chi connectivity index (χ0n) is 11.1. The number of nitro groups is 1. The van der Waals surface area contributed by atoms with Gasteiger partial charge in [0.05, 0.1) is 10.6 Å². The summed E-state index contributed by atoms with van der Waals surface area (Å²) >= 11 is 0. The molecule has 8 heteroatoms. The zero-order valence-corrected chi connectivity index (χ0v) is 11.1. The van der Waals surface area contributed by atoms with Crippen LogP contribution >= 0.6 is 0 Å². The van der Waals surface area contributed by atoms with Gasteiger partial charge < -0.3 is 10.1 Å². The third-order valence-corrected chi connectivity index (χ3v) is 2.63. The predicted octanol–water partition coefficient (Wildman–Crippen LogP) is 2.89. The maximum atomic E-state index is 13.4. The number of carbonyl (C=O) groups is 1. The molecule has 1 amide bonds. The lowest BCUT2D eigenvalue weighted by atomic mass is 10.3. The number of benzene rings is 2. The van der Waals surface area contributed by atoms with E-state index >= 15 is 0 Å². The number of halogens is 2. The van der Waals surface area contributed by atoms with E-state index in [1.165, 1.54) is 24.3 Å². The molecule has 114 valence electrons. The molecule has 0 aliphatic heterocycles. The van der Waals surface area contributed by atoms with E-state index < -0.39 is 29.1 Å². The van der Waals surface area contributed by atoms with Gasteiger partial charge in [0, 0.05) is 12.1 Å². The quantitative estimate of drug-likeness (QED) is 0.680. The minimum atomic E-state index is -0.931. The van der Waals surface area contributed by atoms with Crippen molar-refractivity contribution in [3.8, 4) is 5.75 Å². The minimum Gasteiger partial charge on any atom is -0.477 e. The number of nitrogens with zero attached hydrogens (tertiary/aromatic N) is 1. The van der Waals surface area contributed by atoms with Crippen LogP contribution in [-0.2, 0) is 4.79 Å². The molecule has 0 saturated carbocycles. The molecule has 0 heterocycles. The first-order chi connectivity index (χ1) is 10.5. The maximum absolute atomic E-state index is 13.4. The van der Waals surface area contributed by atoms with Crippen molar-refractivity contribution in [3.63, 3.8) is 0 Å². The predicted molar refractivity (Wildman–Crippen MR) is 73.6 cm³/mol. The standard InChI is InChI=1S/C14H10F2N2O4/c15-9-5-6-11(10(16)7-9)17-14(19)8-22-13-4-2-1-3-12(13)18(20)21/h1-7H,8H2,(H,17,19). The van der Waals surface area contributed by atoms with Crippen LogP contribution in [0.1, 0.15) is 0 Å². The fourth-order valence-electron chi connectivity index (χ4n) is 1.65. The van der Waals surface area contributed by atoms with Crippen molar-refractivity contribution < 1.29 is 23.2 Å². The van der Waals surface area contributed by atoms with Gasteiger partial charge in [0.25, 0.3) is 5.91 Å². The summed E-state index contributed by atoms with van der Waals surface area (Å²) in [5.74, 6) is -2.52. The topological polar surface area (TPSA) is 81.5 Å². The third-order valence-electron chi connectivity index (χ3n) is 2.63. The summed E-state index contributed by atoms with van der Waals surface area (Å²) in [6, 6.07) is 8.21. The molecule has 2 aromatic carbocycles. The highest BCUT2D eigenvalue weighted by molar-refractivity contribution is 5.92. The number of anilines is 1. The smallest absolute Gasteiger partial charge is 0.310 e. The summed E-state index contributed by atoms with van der Waals surface area (Å²) in [4.78, 5) is 21.8. The van der Waals surface area contributed by atoms with Gasteiger partial charge in [-0.15, -0.1) is 0 Å². The second kappa shape index (κ2) is 6.61. The first-order valence-corrected chi connectivity index (χ1v) is 6.08. The van der Waals surface area contributed by atoms with Crippen LogP contribution in [0, 0.1) is 21.7 Å². The number of hydrogen-bond donors (Lipinski definition) is 1. The van der Waals surface area contributed by atoms with E-state index in [9.17, 15) is 23.7 Å². The number of para-hydroxylation sites is 2. The Kier molecular flexibility index (Phi) is 4.62. The number of hydrogen-bond acceptors (Lipinski definition) is 4. The second-order valence-corrected chi connectivity index (χ2v) is 4.19. The Labute approximate surface area is 123 Å². The van der Waals surface area contributed by atoms with Crippen LogP contribution in [0.5, 0.6) is 5.75 Å². The molecule has 0 saturated heterocycles. The van der Waals surface area contributed by atoms with Gasteiger partial charge in [0.15, 0.2) is 12.4 Å². The Bertz CT molecular complexity index is 722. The van der Waals surface area contributed by atoms with Crippen LogP contribution in [0.25, 0.3) is 0 Å². The van der Waals surface area contributed by atoms with Crippen LogP contribution in [0.2, 0.25) is 0 Å². The van der Waals surface area contributed by atoms with E-state index in [-0.39, 0.29) is 17.1 Å². The summed E-state index contributed by atoms with van der Waals surface area (Å²) < 4.78 is 31.1. The third kappa shape index (κ3) is 3.75. The number of nitrogens with one attached hydrogen (secondary N) is 1. The zero-order chi connectivity index (χ0) is 16.1. The van der Waals surface area contributed by atoms with Crippen molar-refractivity contribution in [2.75, 3.05) is 11.9 Å². The fraction of sp³-hybridized carbons (Fsp3) is 0.0714. The number of nitro benzene ring substituents is 1. The lowest BCUT2D eigenvalue weighted by Crippen LogP contribution is -2.21. The van der Waals surface area contributed by atoms with Crippen LogP contribution in [0.15, 0.2) is 42.5 Å². The molecule has 0 aliphatic carbocycles. The molecule has 0 unspecified atom stereocenters. The Hall–Kier alpha value is -3.03. The van der Waals surface area contributed by atoms with Crippen LogP contribution < -0.4 is 10.1 Å². The summed E-state index contributed by atoms with van der Waals surface area (Å²) in [5, 5.41) is 13.0.